The van der Waals surface area contributed by atoms with Gasteiger partial charge < -0.3 is 0 Å². The van der Waals surface area contributed by atoms with Gasteiger partial charge in [0.15, 0.2) is 0 Å². The van der Waals surface area contributed by atoms with Crippen LogP contribution < -0.4 is 0 Å². The Kier molecular flexibility index (Phi) is 4.64. The highest BCUT2D eigenvalue weighted by Gasteiger charge is 2.08. The molecule has 0 atom stereocenters. The van der Waals surface area contributed by atoms with Gasteiger partial charge in [0.2, 0.25) is 0 Å². The normalized spacial score (nSPS) is 10.9. The third-order valence-electron chi connectivity index (χ3n) is 2.51. The maximum Gasteiger partial charge on any atom is 0.123 e. The van der Waals surface area contributed by atoms with E-state index in [1.54, 1.807) is 0 Å². The molecule has 1 aromatic rings. The van der Waals surface area contributed by atoms with E-state index in [4.69, 9.17) is 0 Å². The van der Waals surface area contributed by atoms with Crippen molar-refractivity contribution in [3.63, 3.8) is 0 Å². The van der Waals surface area contributed by atoms with Gasteiger partial charge in [-0.15, -0.1) is 0 Å². The second-order valence-electron chi connectivity index (χ2n) is 3.57. The van der Waals surface area contributed by atoms with Crippen LogP contribution in [0.1, 0.15) is 45.1 Å². The fourth-order valence-corrected chi connectivity index (χ4v) is 1.60. The second-order valence-corrected chi connectivity index (χ2v) is 3.57. The van der Waals surface area contributed by atoms with Gasteiger partial charge in [0.1, 0.15) is 5.82 Å². The molecule has 1 heteroatoms. The summed E-state index contributed by atoms with van der Waals surface area (Å²) in [6.07, 6.45) is 4.63. The molecule has 77 valence electrons. The van der Waals surface area contributed by atoms with Crippen molar-refractivity contribution in [2.45, 2.75) is 39.5 Å². The first-order valence-corrected chi connectivity index (χ1v) is 5.38. The smallest absolute Gasteiger partial charge is 0.123 e. The molecule has 0 spiro atoms. The minimum atomic E-state index is -0.153. The molecule has 1 rings (SSSR count). The molecule has 0 aliphatic heterocycles. The van der Waals surface area contributed by atoms with E-state index in [-0.39, 0.29) is 5.82 Å². The van der Waals surface area contributed by atoms with E-state index < -0.39 is 0 Å². The van der Waals surface area contributed by atoms with Crippen molar-refractivity contribution in [3.05, 3.63) is 41.6 Å². The first kappa shape index (κ1) is 11.2. The summed E-state index contributed by atoms with van der Waals surface area (Å²) < 4.78 is 12.7. The van der Waals surface area contributed by atoms with Gasteiger partial charge in [0.25, 0.3) is 0 Å². The Morgan fingerprint density at radius 1 is 1.14 bits per heavy atom. The number of unbranched alkanes of at least 4 members (excludes halogenated alkanes) is 1. The Bertz CT molecular complexity index is 250. The number of hydrogen-bond donors (Lipinski definition) is 0. The Morgan fingerprint density at radius 3 is 2.29 bits per heavy atom. The number of halogens is 1. The van der Waals surface area contributed by atoms with Gasteiger partial charge in [-0.05, 0) is 30.5 Å². The summed E-state index contributed by atoms with van der Waals surface area (Å²) in [5.74, 6) is 1.28. The first-order chi connectivity index (χ1) is 6.77. The van der Waals surface area contributed by atoms with E-state index in [1.807, 2.05) is 12.1 Å². The van der Waals surface area contributed by atoms with Gasteiger partial charge in [0, 0.05) is 5.92 Å². The average molecular weight is 193 g/mol. The Morgan fingerprint density at radius 2 is 1.79 bits per heavy atom. The van der Waals surface area contributed by atoms with Crippen molar-refractivity contribution in [2.75, 3.05) is 0 Å². The fraction of sp³-hybridized carbons (Fsp3) is 0.462. The lowest BCUT2D eigenvalue weighted by Gasteiger charge is -2.13. The predicted molar refractivity (Wildman–Crippen MR) is 58.6 cm³/mol. The molecule has 1 aromatic carbocycles. The molecule has 0 bridgehead atoms. The van der Waals surface area contributed by atoms with Crippen LogP contribution in [0.4, 0.5) is 4.39 Å². The molecule has 0 aromatic heterocycles. The lowest BCUT2D eigenvalue weighted by molar-refractivity contribution is 0.626. The third-order valence-corrected chi connectivity index (χ3v) is 2.51. The van der Waals surface area contributed by atoms with E-state index >= 15 is 0 Å². The van der Waals surface area contributed by atoms with E-state index in [0.717, 1.165) is 12.8 Å². The van der Waals surface area contributed by atoms with Crippen LogP contribution in [-0.4, -0.2) is 0 Å². The van der Waals surface area contributed by atoms with Crippen LogP contribution in [-0.2, 0) is 0 Å². The molecule has 0 aliphatic rings. The molecule has 0 saturated carbocycles. The summed E-state index contributed by atoms with van der Waals surface area (Å²) in [4.78, 5) is 0. The molecule has 14 heavy (non-hydrogen) atoms. The Hall–Kier alpha value is -0.850. The van der Waals surface area contributed by atoms with Crippen molar-refractivity contribution >= 4 is 0 Å². The zero-order chi connectivity index (χ0) is 10.4. The third kappa shape index (κ3) is 3.13. The fourth-order valence-electron chi connectivity index (χ4n) is 1.60. The summed E-state index contributed by atoms with van der Waals surface area (Å²) in [7, 11) is 0. The maximum atomic E-state index is 12.7. The van der Waals surface area contributed by atoms with Crippen LogP contribution in [0.3, 0.4) is 0 Å². The van der Waals surface area contributed by atoms with Crippen LogP contribution in [0.25, 0.3) is 0 Å². The number of rotatable bonds is 5. The highest BCUT2D eigenvalue weighted by atomic mass is 19.1. The standard InChI is InChI=1S/C13H18F/c1-3-5-6-11(4-2)12-7-9-13(14)10-8-12/h7-10H,3-6H2,1-2H3. The molecule has 0 N–H and O–H groups in total. The van der Waals surface area contributed by atoms with Crippen LogP contribution in [0.2, 0.25) is 0 Å². The van der Waals surface area contributed by atoms with Crippen molar-refractivity contribution < 1.29 is 4.39 Å². The first-order valence-electron chi connectivity index (χ1n) is 5.38. The highest BCUT2D eigenvalue weighted by Crippen LogP contribution is 2.24. The lowest BCUT2D eigenvalue weighted by atomic mass is 9.91. The van der Waals surface area contributed by atoms with E-state index in [9.17, 15) is 4.39 Å². The largest absolute Gasteiger partial charge is 0.207 e. The van der Waals surface area contributed by atoms with Gasteiger partial charge in [-0.2, -0.15) is 0 Å². The van der Waals surface area contributed by atoms with Crippen LogP contribution in [0.15, 0.2) is 24.3 Å². The topological polar surface area (TPSA) is 0 Å². The molecular weight excluding hydrogens is 175 g/mol. The van der Waals surface area contributed by atoms with Crippen LogP contribution in [0.5, 0.6) is 0 Å². The van der Waals surface area contributed by atoms with Crippen LogP contribution >= 0.6 is 0 Å². The van der Waals surface area contributed by atoms with Crippen LogP contribution in [0, 0.1) is 11.7 Å². The SMILES string of the molecule is CCCC[C](CC)c1ccc(F)cc1. The summed E-state index contributed by atoms with van der Waals surface area (Å²) in [5, 5.41) is 0. The number of benzene rings is 1. The summed E-state index contributed by atoms with van der Waals surface area (Å²) in [5.41, 5.74) is 1.20. The maximum absolute atomic E-state index is 12.7. The van der Waals surface area contributed by atoms with Crippen molar-refractivity contribution in [3.8, 4) is 0 Å². The van der Waals surface area contributed by atoms with Crippen molar-refractivity contribution in [2.24, 2.45) is 0 Å². The summed E-state index contributed by atoms with van der Waals surface area (Å²) in [6, 6.07) is 6.83. The summed E-state index contributed by atoms with van der Waals surface area (Å²) in [6.45, 7) is 4.35. The molecule has 1 radical (unpaired) electrons. The Balaban J connectivity index is 2.64. The lowest BCUT2D eigenvalue weighted by Crippen LogP contribution is -1.98. The van der Waals surface area contributed by atoms with E-state index in [1.165, 1.54) is 36.5 Å². The molecule has 0 amide bonds. The average Bonchev–Trinajstić information content (AvgIpc) is 2.21. The van der Waals surface area contributed by atoms with Gasteiger partial charge in [-0.25, -0.2) is 4.39 Å². The van der Waals surface area contributed by atoms with Crippen molar-refractivity contribution in [1.29, 1.82) is 0 Å². The van der Waals surface area contributed by atoms with E-state index in [0.29, 0.717) is 0 Å². The second kappa shape index (κ2) is 5.79. The summed E-state index contributed by atoms with van der Waals surface area (Å²) >= 11 is 0. The highest BCUT2D eigenvalue weighted by molar-refractivity contribution is 5.30. The molecule has 0 saturated heterocycles. The van der Waals surface area contributed by atoms with Gasteiger partial charge in [-0.1, -0.05) is 38.8 Å². The van der Waals surface area contributed by atoms with Gasteiger partial charge >= 0.3 is 0 Å². The molecule has 0 aliphatic carbocycles. The van der Waals surface area contributed by atoms with Crippen molar-refractivity contribution in [1.82, 2.24) is 0 Å². The number of hydrogen-bond acceptors (Lipinski definition) is 0. The molecule has 0 unspecified atom stereocenters. The molecule has 0 fully saturated rings. The molecule has 0 heterocycles. The van der Waals surface area contributed by atoms with Gasteiger partial charge in [-0.3, -0.25) is 0 Å². The minimum absolute atomic E-state index is 0.153. The zero-order valence-electron chi connectivity index (χ0n) is 9.02. The van der Waals surface area contributed by atoms with Gasteiger partial charge in [0.05, 0.1) is 0 Å². The monoisotopic (exact) mass is 193 g/mol. The molecule has 0 nitrogen and oxygen atoms in total. The minimum Gasteiger partial charge on any atom is -0.207 e. The predicted octanol–water partition coefficient (Wildman–Crippen LogP) is 4.35. The Labute approximate surface area is 86.2 Å². The van der Waals surface area contributed by atoms with E-state index in [2.05, 4.69) is 13.8 Å². The quantitative estimate of drug-likeness (QED) is 0.652. The zero-order valence-corrected chi connectivity index (χ0v) is 9.02. The molecular formula is C13H18F.